The van der Waals surface area contributed by atoms with Crippen LogP contribution in [0.4, 0.5) is 5.95 Å². The van der Waals surface area contributed by atoms with Crippen LogP contribution < -0.4 is 10.9 Å². The van der Waals surface area contributed by atoms with Gasteiger partial charge in [-0.25, -0.2) is 15.0 Å². The zero-order chi connectivity index (χ0) is 15.5. The van der Waals surface area contributed by atoms with E-state index in [0.717, 1.165) is 17.8 Å². The smallest absolute Gasteiger partial charge is 0.258 e. The van der Waals surface area contributed by atoms with E-state index >= 15 is 0 Å². The summed E-state index contributed by atoms with van der Waals surface area (Å²) >= 11 is 0. The highest BCUT2D eigenvalue weighted by atomic mass is 16.1. The van der Waals surface area contributed by atoms with E-state index in [1.165, 1.54) is 0 Å². The Balaban J connectivity index is 1.85. The molecule has 0 aliphatic rings. The second kappa shape index (κ2) is 5.93. The number of anilines is 1. The molecule has 2 N–H and O–H groups in total. The number of rotatable bonds is 4. The molecule has 0 radical (unpaired) electrons. The second-order valence-electron chi connectivity index (χ2n) is 5.06. The topological polar surface area (TPSA) is 83.6 Å². The Hall–Kier alpha value is -2.76. The van der Waals surface area contributed by atoms with Crippen LogP contribution >= 0.6 is 0 Å². The first kappa shape index (κ1) is 14.2. The summed E-state index contributed by atoms with van der Waals surface area (Å²) in [6.07, 6.45) is 0.850. The predicted octanol–water partition coefficient (Wildman–Crippen LogP) is 2.20. The summed E-state index contributed by atoms with van der Waals surface area (Å²) in [5.74, 6) is 1.11. The largest absolute Gasteiger partial charge is 0.347 e. The molecular weight excluding hydrogens is 278 g/mol. The minimum absolute atomic E-state index is 0.137. The van der Waals surface area contributed by atoms with E-state index in [2.05, 4.69) is 25.3 Å². The van der Waals surface area contributed by atoms with Gasteiger partial charge in [-0.15, -0.1) is 0 Å². The number of aryl methyl sites for hydroxylation is 2. The normalized spacial score (nSPS) is 10.8. The van der Waals surface area contributed by atoms with E-state index in [-0.39, 0.29) is 5.56 Å². The summed E-state index contributed by atoms with van der Waals surface area (Å²) < 4.78 is 0. The number of nitrogens with one attached hydrogen (secondary N) is 2. The van der Waals surface area contributed by atoms with Gasteiger partial charge in [0.2, 0.25) is 5.95 Å². The van der Waals surface area contributed by atoms with Crippen LogP contribution in [0.5, 0.6) is 0 Å². The first-order chi connectivity index (χ1) is 10.7. The van der Waals surface area contributed by atoms with Crippen molar-refractivity contribution in [1.82, 2.24) is 19.9 Å². The molecule has 112 valence electrons. The van der Waals surface area contributed by atoms with Gasteiger partial charge in [-0.2, -0.15) is 0 Å². The summed E-state index contributed by atoms with van der Waals surface area (Å²) in [7, 11) is 0. The highest BCUT2D eigenvalue weighted by molar-refractivity contribution is 5.77. The third kappa shape index (κ3) is 2.95. The highest BCUT2D eigenvalue weighted by Crippen LogP contribution is 2.08. The van der Waals surface area contributed by atoms with E-state index in [0.29, 0.717) is 29.2 Å². The summed E-state index contributed by atoms with van der Waals surface area (Å²) in [6.45, 7) is 4.35. The highest BCUT2D eigenvalue weighted by Gasteiger charge is 2.05. The third-order valence-electron chi connectivity index (χ3n) is 3.35. The van der Waals surface area contributed by atoms with E-state index < -0.39 is 0 Å². The maximum Gasteiger partial charge on any atom is 0.258 e. The first-order valence-corrected chi connectivity index (χ1v) is 7.22. The van der Waals surface area contributed by atoms with Crippen molar-refractivity contribution in [1.29, 1.82) is 0 Å². The number of hydrogen-bond donors (Lipinski definition) is 2. The zero-order valence-electron chi connectivity index (χ0n) is 12.6. The number of aromatic nitrogens is 4. The van der Waals surface area contributed by atoms with Crippen LogP contribution in [0.2, 0.25) is 0 Å². The molecule has 0 atom stereocenters. The van der Waals surface area contributed by atoms with Gasteiger partial charge < -0.3 is 10.3 Å². The average molecular weight is 295 g/mol. The number of H-pyrrole nitrogens is 1. The lowest BCUT2D eigenvalue weighted by molar-refractivity contribution is 0.910. The van der Waals surface area contributed by atoms with Crippen LogP contribution in [-0.2, 0) is 13.0 Å². The molecular formula is C16H17N5O. The number of aromatic amines is 1. The Morgan fingerprint density at radius 3 is 2.82 bits per heavy atom. The van der Waals surface area contributed by atoms with Crippen molar-refractivity contribution >= 4 is 16.9 Å². The van der Waals surface area contributed by atoms with E-state index in [4.69, 9.17) is 0 Å². The summed E-state index contributed by atoms with van der Waals surface area (Å²) in [4.78, 5) is 28.0. The van der Waals surface area contributed by atoms with Crippen LogP contribution in [0.3, 0.4) is 0 Å². The molecule has 22 heavy (non-hydrogen) atoms. The predicted molar refractivity (Wildman–Crippen MR) is 85.8 cm³/mol. The molecule has 0 bridgehead atoms. The van der Waals surface area contributed by atoms with Gasteiger partial charge in [-0.1, -0.05) is 19.1 Å². The lowest BCUT2D eigenvalue weighted by atomic mass is 10.2. The number of hydrogen-bond acceptors (Lipinski definition) is 5. The van der Waals surface area contributed by atoms with E-state index in [9.17, 15) is 4.79 Å². The quantitative estimate of drug-likeness (QED) is 0.771. The second-order valence-corrected chi connectivity index (χ2v) is 5.06. The van der Waals surface area contributed by atoms with Crippen molar-refractivity contribution in [2.24, 2.45) is 0 Å². The fraction of sp³-hybridized carbons (Fsp3) is 0.250. The standard InChI is InChI=1S/C16H17N5O/c1-3-11-8-10(2)18-16(19-11)17-9-14-20-13-7-5-4-6-12(13)15(22)21-14/h4-8H,3,9H2,1-2H3,(H,17,18,19)(H,20,21,22). The average Bonchev–Trinajstić information content (AvgIpc) is 2.52. The molecule has 0 spiro atoms. The monoisotopic (exact) mass is 295 g/mol. The Kier molecular flexibility index (Phi) is 3.82. The van der Waals surface area contributed by atoms with Gasteiger partial charge in [-0.05, 0) is 31.5 Å². The lowest BCUT2D eigenvalue weighted by Crippen LogP contribution is -2.15. The summed E-state index contributed by atoms with van der Waals surface area (Å²) in [5, 5.41) is 3.70. The fourth-order valence-corrected chi connectivity index (χ4v) is 2.28. The van der Waals surface area contributed by atoms with Gasteiger partial charge in [0.15, 0.2) is 0 Å². The first-order valence-electron chi connectivity index (χ1n) is 7.22. The lowest BCUT2D eigenvalue weighted by Gasteiger charge is -2.07. The molecule has 0 aliphatic carbocycles. The summed E-state index contributed by atoms with van der Waals surface area (Å²) in [5.41, 5.74) is 2.44. The van der Waals surface area contributed by atoms with Gasteiger partial charge in [-0.3, -0.25) is 4.79 Å². The van der Waals surface area contributed by atoms with Crippen LogP contribution in [0.25, 0.3) is 10.9 Å². The fourth-order valence-electron chi connectivity index (χ4n) is 2.28. The van der Waals surface area contributed by atoms with E-state index in [1.54, 1.807) is 6.07 Å². The molecule has 0 unspecified atom stereocenters. The molecule has 6 nitrogen and oxygen atoms in total. The van der Waals surface area contributed by atoms with Gasteiger partial charge in [0.25, 0.3) is 5.56 Å². The molecule has 2 aromatic heterocycles. The molecule has 6 heteroatoms. The Labute approximate surface area is 127 Å². The number of benzene rings is 1. The van der Waals surface area contributed by atoms with Crippen molar-refractivity contribution in [2.45, 2.75) is 26.8 Å². The van der Waals surface area contributed by atoms with Crippen molar-refractivity contribution in [3.8, 4) is 0 Å². The van der Waals surface area contributed by atoms with Gasteiger partial charge in [0.1, 0.15) is 5.82 Å². The van der Waals surface area contributed by atoms with Crippen molar-refractivity contribution < 1.29 is 0 Å². The number of fused-ring (bicyclic) bond motifs is 1. The molecule has 0 aliphatic heterocycles. The molecule has 3 rings (SSSR count). The Morgan fingerprint density at radius 1 is 1.18 bits per heavy atom. The molecule has 0 saturated heterocycles. The van der Waals surface area contributed by atoms with Crippen molar-refractivity contribution in [3.05, 3.63) is 57.9 Å². The molecule has 1 aromatic carbocycles. The van der Waals surface area contributed by atoms with Crippen molar-refractivity contribution in [3.63, 3.8) is 0 Å². The van der Waals surface area contributed by atoms with Crippen LogP contribution in [0.15, 0.2) is 35.1 Å². The van der Waals surface area contributed by atoms with Crippen LogP contribution in [-0.4, -0.2) is 19.9 Å². The minimum atomic E-state index is -0.137. The van der Waals surface area contributed by atoms with Crippen molar-refractivity contribution in [2.75, 3.05) is 5.32 Å². The third-order valence-corrected chi connectivity index (χ3v) is 3.35. The number of para-hydroxylation sites is 1. The van der Waals surface area contributed by atoms with Gasteiger partial charge >= 0.3 is 0 Å². The van der Waals surface area contributed by atoms with E-state index in [1.807, 2.05) is 38.1 Å². The summed E-state index contributed by atoms with van der Waals surface area (Å²) in [6, 6.07) is 9.23. The molecule has 3 aromatic rings. The Morgan fingerprint density at radius 2 is 2.00 bits per heavy atom. The molecule has 0 fully saturated rings. The zero-order valence-corrected chi connectivity index (χ0v) is 12.6. The van der Waals surface area contributed by atoms with Gasteiger partial charge in [0.05, 0.1) is 17.4 Å². The Bertz CT molecular complexity index is 872. The van der Waals surface area contributed by atoms with Crippen LogP contribution in [0, 0.1) is 6.92 Å². The minimum Gasteiger partial charge on any atom is -0.347 e. The van der Waals surface area contributed by atoms with Crippen LogP contribution in [0.1, 0.15) is 24.1 Å². The maximum absolute atomic E-state index is 12.0. The molecule has 0 saturated carbocycles. The number of nitrogens with zero attached hydrogens (tertiary/aromatic N) is 3. The maximum atomic E-state index is 12.0. The molecule has 0 amide bonds. The molecule has 2 heterocycles. The van der Waals surface area contributed by atoms with Gasteiger partial charge in [0, 0.05) is 11.4 Å². The SMILES string of the molecule is CCc1cc(C)nc(NCc2nc3ccccc3c(=O)[nH]2)n1.